The summed E-state index contributed by atoms with van der Waals surface area (Å²) in [6.07, 6.45) is -4.40. The van der Waals surface area contributed by atoms with Crippen LogP contribution in [0.25, 0.3) is 0 Å². The summed E-state index contributed by atoms with van der Waals surface area (Å²) < 4.78 is 69.7. The van der Waals surface area contributed by atoms with Gasteiger partial charge in [-0.1, -0.05) is 41.6 Å². The summed E-state index contributed by atoms with van der Waals surface area (Å²) in [6.45, 7) is 0.159. The Hall–Kier alpha value is -3.35. The number of hydrogen-bond donors (Lipinski definition) is 1. The third-order valence-corrected chi connectivity index (χ3v) is 7.24. The standard InChI is InChI=1S/C27H20Cl2F5N3O3S/c28-18-6-4-16(5-7-18)12-13-37-23(38)15-22(24(39)35-19-8-10-21(11-9-19)40-27(29,33)34)41-25(37)36-20-3-1-2-17(14-20)26(30,31)32/h1-11,14,22H,12-13,15H2,(H,35,39)/t22-/m1/s1. The van der Waals surface area contributed by atoms with Crippen molar-refractivity contribution < 1.29 is 36.3 Å². The molecule has 1 fully saturated rings. The van der Waals surface area contributed by atoms with Crippen LogP contribution in [0.15, 0.2) is 77.8 Å². The van der Waals surface area contributed by atoms with Gasteiger partial charge < -0.3 is 10.1 Å². The molecule has 0 unspecified atom stereocenters. The topological polar surface area (TPSA) is 71.0 Å². The fourth-order valence-corrected chi connectivity index (χ4v) is 5.12. The predicted molar refractivity (Wildman–Crippen MR) is 148 cm³/mol. The first-order valence-electron chi connectivity index (χ1n) is 11.9. The molecule has 1 aliphatic heterocycles. The fraction of sp³-hybridized carbons (Fsp3) is 0.222. The Morgan fingerprint density at radius 3 is 2.37 bits per heavy atom. The number of alkyl halides is 6. The molecular formula is C27H20Cl2F5N3O3S. The van der Waals surface area contributed by atoms with Gasteiger partial charge in [0, 0.05) is 35.3 Å². The third kappa shape index (κ3) is 8.82. The summed E-state index contributed by atoms with van der Waals surface area (Å²) in [6, 6.07) is 16.2. The van der Waals surface area contributed by atoms with Crippen LogP contribution in [-0.4, -0.2) is 39.2 Å². The van der Waals surface area contributed by atoms with Gasteiger partial charge in [-0.05, 0) is 66.6 Å². The van der Waals surface area contributed by atoms with E-state index in [0.29, 0.717) is 11.4 Å². The van der Waals surface area contributed by atoms with Crippen molar-refractivity contribution in [1.29, 1.82) is 0 Å². The van der Waals surface area contributed by atoms with Crippen LogP contribution in [0, 0.1) is 0 Å². The molecule has 1 atom stereocenters. The highest BCUT2D eigenvalue weighted by atomic mass is 35.5. The molecule has 0 aliphatic carbocycles. The molecule has 3 aromatic rings. The van der Waals surface area contributed by atoms with E-state index in [2.05, 4.69) is 15.0 Å². The molecule has 0 radical (unpaired) electrons. The summed E-state index contributed by atoms with van der Waals surface area (Å²) in [5.41, 5.74) is -3.76. The van der Waals surface area contributed by atoms with Crippen LogP contribution >= 0.6 is 35.0 Å². The number of halogens is 7. The number of ether oxygens (including phenoxy) is 1. The largest absolute Gasteiger partial charge is 0.487 e. The van der Waals surface area contributed by atoms with Crippen LogP contribution in [0.5, 0.6) is 5.75 Å². The first-order chi connectivity index (χ1) is 19.3. The number of carbonyl (C=O) groups excluding carboxylic acids is 2. The van der Waals surface area contributed by atoms with Crippen LogP contribution in [0.2, 0.25) is 5.02 Å². The van der Waals surface area contributed by atoms with Crippen LogP contribution in [0.3, 0.4) is 0 Å². The molecule has 6 nitrogen and oxygen atoms in total. The molecule has 14 heteroatoms. The fourth-order valence-electron chi connectivity index (χ4n) is 3.78. The Morgan fingerprint density at radius 1 is 1.05 bits per heavy atom. The molecule has 3 aromatic carbocycles. The minimum Gasteiger partial charge on any atom is -0.420 e. The van der Waals surface area contributed by atoms with Gasteiger partial charge in [0.2, 0.25) is 11.8 Å². The minimum atomic E-state index is -4.59. The number of anilines is 1. The Balaban J connectivity index is 1.55. The van der Waals surface area contributed by atoms with E-state index in [1.807, 2.05) is 0 Å². The number of rotatable bonds is 8. The van der Waals surface area contributed by atoms with Crippen molar-refractivity contribution in [2.45, 2.75) is 29.8 Å². The zero-order valence-corrected chi connectivity index (χ0v) is 23.1. The average Bonchev–Trinajstić information content (AvgIpc) is 2.89. The summed E-state index contributed by atoms with van der Waals surface area (Å²) in [5, 5.41) is 2.22. The van der Waals surface area contributed by atoms with Crippen LogP contribution in [-0.2, 0) is 22.2 Å². The lowest BCUT2D eigenvalue weighted by atomic mass is 10.1. The molecule has 41 heavy (non-hydrogen) atoms. The highest BCUT2D eigenvalue weighted by molar-refractivity contribution is 8.15. The highest BCUT2D eigenvalue weighted by Gasteiger charge is 2.36. The normalized spacial score (nSPS) is 17.0. The maximum absolute atomic E-state index is 13.3. The minimum absolute atomic E-state index is 0.0423. The highest BCUT2D eigenvalue weighted by Crippen LogP contribution is 2.34. The molecule has 0 bridgehead atoms. The second-order valence-corrected chi connectivity index (χ2v) is 10.8. The van der Waals surface area contributed by atoms with Crippen LogP contribution in [0.4, 0.5) is 33.3 Å². The predicted octanol–water partition coefficient (Wildman–Crippen LogP) is 7.73. The first-order valence-corrected chi connectivity index (χ1v) is 13.5. The van der Waals surface area contributed by atoms with E-state index in [1.54, 1.807) is 24.3 Å². The molecule has 1 saturated heterocycles. The molecule has 216 valence electrons. The van der Waals surface area contributed by atoms with Gasteiger partial charge in [-0.15, -0.1) is 8.78 Å². The quantitative estimate of drug-likeness (QED) is 0.204. The number of amides is 2. The van der Waals surface area contributed by atoms with Gasteiger partial charge in [-0.2, -0.15) is 13.2 Å². The molecule has 1 aliphatic rings. The average molecular weight is 632 g/mol. The van der Waals surface area contributed by atoms with Crippen molar-refractivity contribution >= 4 is 63.3 Å². The van der Waals surface area contributed by atoms with E-state index in [4.69, 9.17) is 23.2 Å². The lowest BCUT2D eigenvalue weighted by molar-refractivity contribution is -0.137. The lowest BCUT2D eigenvalue weighted by Crippen LogP contribution is -2.46. The SMILES string of the molecule is O=C(Nc1ccc(OC(F)(F)Cl)cc1)[C@H]1CC(=O)N(CCc2ccc(Cl)cc2)C(=Nc2cccc(C(F)(F)F)c2)S1. The smallest absolute Gasteiger partial charge is 0.420 e. The first kappa shape index (κ1) is 30.6. The van der Waals surface area contributed by atoms with E-state index in [1.165, 1.54) is 41.3 Å². The van der Waals surface area contributed by atoms with Crippen LogP contribution < -0.4 is 10.1 Å². The van der Waals surface area contributed by atoms with Crippen molar-refractivity contribution in [3.05, 3.63) is 88.9 Å². The van der Waals surface area contributed by atoms with Crippen molar-refractivity contribution in [2.75, 3.05) is 11.9 Å². The number of benzene rings is 3. The van der Waals surface area contributed by atoms with Crippen molar-refractivity contribution in [2.24, 2.45) is 4.99 Å². The van der Waals surface area contributed by atoms with Gasteiger partial charge >= 0.3 is 11.7 Å². The van der Waals surface area contributed by atoms with Gasteiger partial charge in [0.15, 0.2) is 5.17 Å². The Morgan fingerprint density at radius 2 is 1.73 bits per heavy atom. The second-order valence-electron chi connectivity index (χ2n) is 8.74. The maximum atomic E-state index is 13.3. The third-order valence-electron chi connectivity index (χ3n) is 5.72. The van der Waals surface area contributed by atoms with Crippen molar-refractivity contribution in [3.8, 4) is 5.75 Å². The number of thioether (sulfide) groups is 1. The van der Waals surface area contributed by atoms with E-state index >= 15 is 0 Å². The van der Waals surface area contributed by atoms with Crippen molar-refractivity contribution in [1.82, 2.24) is 4.90 Å². The molecule has 4 rings (SSSR count). The number of nitrogens with one attached hydrogen (secondary N) is 1. The number of aliphatic imine (C=N–C) groups is 1. The molecule has 1 N–H and O–H groups in total. The monoisotopic (exact) mass is 631 g/mol. The van der Waals surface area contributed by atoms with E-state index in [9.17, 15) is 31.5 Å². The molecule has 0 saturated carbocycles. The summed E-state index contributed by atoms with van der Waals surface area (Å²) in [5.74, 6) is -1.28. The Labute approximate surface area is 245 Å². The summed E-state index contributed by atoms with van der Waals surface area (Å²) in [4.78, 5) is 31.9. The second kappa shape index (κ2) is 12.7. The van der Waals surface area contributed by atoms with E-state index in [-0.39, 0.29) is 35.3 Å². The number of nitrogens with zero attached hydrogens (tertiary/aromatic N) is 2. The van der Waals surface area contributed by atoms with Gasteiger partial charge in [0.25, 0.3) is 0 Å². The number of carbonyl (C=O) groups is 2. The summed E-state index contributed by atoms with van der Waals surface area (Å²) in [7, 11) is 0. The van der Waals surface area contributed by atoms with Gasteiger partial charge in [0.05, 0.1) is 11.3 Å². The van der Waals surface area contributed by atoms with Crippen molar-refractivity contribution in [3.63, 3.8) is 0 Å². The molecular weight excluding hydrogens is 612 g/mol. The number of amidine groups is 1. The Kier molecular flexibility index (Phi) is 9.45. The lowest BCUT2D eigenvalue weighted by Gasteiger charge is -2.32. The van der Waals surface area contributed by atoms with Gasteiger partial charge in [0.1, 0.15) is 11.0 Å². The van der Waals surface area contributed by atoms with Gasteiger partial charge in [-0.25, -0.2) is 4.99 Å². The Bertz CT molecular complexity index is 1430. The molecule has 1 heterocycles. The summed E-state index contributed by atoms with van der Waals surface area (Å²) >= 11 is 11.6. The van der Waals surface area contributed by atoms with Crippen LogP contribution in [0.1, 0.15) is 17.5 Å². The molecule has 0 aromatic heterocycles. The number of hydrogen-bond acceptors (Lipinski definition) is 5. The van der Waals surface area contributed by atoms with E-state index < -0.39 is 34.4 Å². The van der Waals surface area contributed by atoms with Gasteiger partial charge in [-0.3, -0.25) is 14.5 Å². The zero-order valence-electron chi connectivity index (χ0n) is 20.8. The zero-order chi connectivity index (χ0) is 29.8. The van der Waals surface area contributed by atoms with E-state index in [0.717, 1.165) is 29.5 Å². The molecule has 0 spiro atoms. The molecule has 2 amide bonds. The maximum Gasteiger partial charge on any atom is 0.487 e.